The number of benzene rings is 2. The van der Waals surface area contributed by atoms with E-state index in [1.54, 1.807) is 12.3 Å². The maximum atomic E-state index is 12.3. The molecule has 6 nitrogen and oxygen atoms in total. The van der Waals surface area contributed by atoms with Gasteiger partial charge in [0.2, 0.25) is 0 Å². The molecule has 2 N–H and O–H groups in total. The van der Waals surface area contributed by atoms with E-state index in [0.717, 1.165) is 44.2 Å². The number of nitrogens with zero attached hydrogens (tertiary/aromatic N) is 2. The highest BCUT2D eigenvalue weighted by Gasteiger charge is 2.19. The molecule has 0 unspecified atom stereocenters. The molecule has 2 aromatic carbocycles. The predicted octanol–water partition coefficient (Wildman–Crippen LogP) is 5.10. The molecule has 148 valence electrons. The second-order valence-corrected chi connectivity index (χ2v) is 7.46. The number of methoxy groups -OCH3 is 1. The van der Waals surface area contributed by atoms with Crippen LogP contribution in [0.2, 0.25) is 5.02 Å². The van der Waals surface area contributed by atoms with Crippen molar-refractivity contribution in [1.82, 2.24) is 20.2 Å². The Hall–Kier alpha value is -3.64. The second-order valence-electron chi connectivity index (χ2n) is 7.05. The van der Waals surface area contributed by atoms with Gasteiger partial charge in [-0.15, -0.1) is 0 Å². The van der Waals surface area contributed by atoms with Crippen LogP contribution in [0, 0.1) is 6.92 Å². The highest BCUT2D eigenvalue weighted by Crippen LogP contribution is 2.39. The van der Waals surface area contributed by atoms with Gasteiger partial charge in [-0.25, -0.2) is 4.98 Å². The molecule has 0 aliphatic heterocycles. The van der Waals surface area contributed by atoms with Crippen LogP contribution in [0.25, 0.3) is 44.3 Å². The summed E-state index contributed by atoms with van der Waals surface area (Å²) in [5.41, 5.74) is 5.52. The molecule has 3 heterocycles. The average Bonchev–Trinajstić information content (AvgIpc) is 3.23. The second kappa shape index (κ2) is 7.00. The minimum Gasteiger partial charge on any atom is -0.491 e. The van der Waals surface area contributed by atoms with E-state index in [2.05, 4.69) is 15.2 Å². The van der Waals surface area contributed by atoms with Crippen LogP contribution in [0.1, 0.15) is 5.56 Å². The zero-order valence-electron chi connectivity index (χ0n) is 16.3. The van der Waals surface area contributed by atoms with Crippen molar-refractivity contribution in [1.29, 1.82) is 0 Å². The zero-order valence-corrected chi connectivity index (χ0v) is 17.0. The first-order chi connectivity index (χ1) is 14.6. The molecule has 7 heteroatoms. The number of rotatable bonds is 3. The Morgan fingerprint density at radius 3 is 2.63 bits per heavy atom. The lowest BCUT2D eigenvalue weighted by Crippen LogP contribution is -2.10. The molecule has 0 saturated heterocycles. The lowest BCUT2D eigenvalue weighted by Gasteiger charge is -2.16. The molecule has 0 aliphatic rings. The van der Waals surface area contributed by atoms with Crippen LogP contribution in [0.4, 0.5) is 0 Å². The van der Waals surface area contributed by atoms with Crippen LogP contribution in [0.5, 0.6) is 5.75 Å². The summed E-state index contributed by atoms with van der Waals surface area (Å²) in [4.78, 5) is 20.0. The molecule has 5 rings (SSSR count). The third-order valence-electron chi connectivity index (χ3n) is 5.28. The fourth-order valence-electron chi connectivity index (χ4n) is 3.82. The highest BCUT2D eigenvalue weighted by molar-refractivity contribution is 6.35. The first kappa shape index (κ1) is 18.4. The van der Waals surface area contributed by atoms with Crippen LogP contribution in [0.3, 0.4) is 0 Å². The number of pyridine rings is 2. The lowest BCUT2D eigenvalue weighted by atomic mass is 9.92. The quantitative estimate of drug-likeness (QED) is 0.428. The average molecular weight is 417 g/mol. The Balaban J connectivity index is 1.91. The maximum absolute atomic E-state index is 12.3. The minimum absolute atomic E-state index is 0.245. The van der Waals surface area contributed by atoms with E-state index in [4.69, 9.17) is 21.3 Å². The molecule has 0 spiro atoms. The number of ether oxygens (including phenoxy) is 1. The summed E-state index contributed by atoms with van der Waals surface area (Å²) in [5.74, 6) is 0.245. The number of hydrogen-bond donors (Lipinski definition) is 2. The third-order valence-corrected chi connectivity index (χ3v) is 5.58. The van der Waals surface area contributed by atoms with Gasteiger partial charge < -0.3 is 9.72 Å². The lowest BCUT2D eigenvalue weighted by molar-refractivity contribution is 0.409. The summed E-state index contributed by atoms with van der Waals surface area (Å²) >= 11 is 6.53. The summed E-state index contributed by atoms with van der Waals surface area (Å²) in [5, 5.41) is 9.33. The van der Waals surface area contributed by atoms with Gasteiger partial charge in [0.25, 0.3) is 5.56 Å². The van der Waals surface area contributed by atoms with Crippen molar-refractivity contribution >= 4 is 33.5 Å². The molecule has 0 bridgehead atoms. The van der Waals surface area contributed by atoms with Crippen molar-refractivity contribution < 1.29 is 4.74 Å². The maximum Gasteiger partial charge on any atom is 0.291 e. The fraction of sp³-hybridized carbons (Fsp3) is 0.0870. The minimum atomic E-state index is -0.313. The summed E-state index contributed by atoms with van der Waals surface area (Å²) < 4.78 is 5.23. The largest absolute Gasteiger partial charge is 0.491 e. The monoisotopic (exact) mass is 416 g/mol. The van der Waals surface area contributed by atoms with E-state index >= 15 is 0 Å². The van der Waals surface area contributed by atoms with Gasteiger partial charge in [-0.3, -0.25) is 9.89 Å². The normalized spacial score (nSPS) is 11.3. The van der Waals surface area contributed by atoms with E-state index in [-0.39, 0.29) is 11.3 Å². The van der Waals surface area contributed by atoms with Crippen LogP contribution < -0.4 is 10.3 Å². The van der Waals surface area contributed by atoms with Gasteiger partial charge in [-0.05, 0) is 36.2 Å². The molecule has 0 aliphatic carbocycles. The van der Waals surface area contributed by atoms with Crippen molar-refractivity contribution in [3.8, 4) is 28.1 Å². The number of hydrogen-bond acceptors (Lipinski definition) is 4. The van der Waals surface area contributed by atoms with Crippen LogP contribution in [0.15, 0.2) is 59.5 Å². The van der Waals surface area contributed by atoms with Crippen molar-refractivity contribution in [2.24, 2.45) is 0 Å². The van der Waals surface area contributed by atoms with E-state index in [1.807, 2.05) is 49.4 Å². The molecule has 0 atom stereocenters. The summed E-state index contributed by atoms with van der Waals surface area (Å²) in [6.07, 6.45) is 1.75. The van der Waals surface area contributed by atoms with Crippen LogP contribution in [-0.2, 0) is 0 Å². The van der Waals surface area contributed by atoms with Crippen molar-refractivity contribution in [3.05, 3.63) is 75.7 Å². The van der Waals surface area contributed by atoms with E-state index in [1.165, 1.54) is 7.11 Å². The molecule has 0 fully saturated rings. The predicted molar refractivity (Wildman–Crippen MR) is 119 cm³/mol. The van der Waals surface area contributed by atoms with E-state index in [9.17, 15) is 4.79 Å². The number of aromatic nitrogens is 4. The SMILES string of the molecule is COc1cc2c(C)c(-c3cc(Cl)c4[nH]ncc4c3)c(-c3ccccc3)nc2[nH]c1=O. The number of nitrogens with one attached hydrogen (secondary N) is 2. The number of halogens is 1. The molecule has 0 saturated carbocycles. The van der Waals surface area contributed by atoms with Gasteiger partial charge in [-0.2, -0.15) is 5.10 Å². The topological polar surface area (TPSA) is 83.7 Å². The van der Waals surface area contributed by atoms with Gasteiger partial charge in [-0.1, -0.05) is 41.9 Å². The summed E-state index contributed by atoms with van der Waals surface area (Å²) in [7, 11) is 1.48. The number of fused-ring (bicyclic) bond motifs is 2. The summed E-state index contributed by atoms with van der Waals surface area (Å²) in [6, 6.07) is 15.5. The van der Waals surface area contributed by atoms with Gasteiger partial charge in [0.1, 0.15) is 5.65 Å². The number of aryl methyl sites for hydroxylation is 1. The highest BCUT2D eigenvalue weighted by atomic mass is 35.5. The zero-order chi connectivity index (χ0) is 20.8. The Labute approximate surface area is 176 Å². The van der Waals surface area contributed by atoms with Gasteiger partial charge in [0.15, 0.2) is 5.75 Å². The van der Waals surface area contributed by atoms with Gasteiger partial charge in [0.05, 0.1) is 29.5 Å². The molecule has 3 aromatic heterocycles. The molecule has 0 amide bonds. The summed E-state index contributed by atoms with van der Waals surface area (Å²) in [6.45, 7) is 2.01. The molecular formula is C23H17ClN4O2. The van der Waals surface area contributed by atoms with Crippen molar-refractivity contribution in [3.63, 3.8) is 0 Å². The molecular weight excluding hydrogens is 400 g/mol. The Kier molecular flexibility index (Phi) is 4.29. The van der Waals surface area contributed by atoms with Gasteiger partial charge >= 0.3 is 0 Å². The number of aromatic amines is 2. The first-order valence-corrected chi connectivity index (χ1v) is 9.74. The Morgan fingerprint density at radius 2 is 1.87 bits per heavy atom. The Bertz CT molecular complexity index is 1470. The molecule has 30 heavy (non-hydrogen) atoms. The van der Waals surface area contributed by atoms with Crippen LogP contribution >= 0.6 is 11.6 Å². The standard InChI is InChI=1S/C23H17ClN4O2/c1-12-16-10-18(30-2)23(29)27-22(16)26-21(13-6-4-3-5-7-13)19(12)14-8-15-11-25-28-20(15)17(24)9-14/h3-11H,1-2H3,(H,25,28)(H,26,27,29). The number of H-pyrrole nitrogens is 2. The fourth-order valence-corrected chi connectivity index (χ4v) is 4.09. The van der Waals surface area contributed by atoms with Crippen molar-refractivity contribution in [2.45, 2.75) is 6.92 Å². The van der Waals surface area contributed by atoms with E-state index in [0.29, 0.717) is 10.7 Å². The van der Waals surface area contributed by atoms with Crippen LogP contribution in [-0.4, -0.2) is 27.3 Å². The van der Waals surface area contributed by atoms with Gasteiger partial charge in [0, 0.05) is 21.9 Å². The Morgan fingerprint density at radius 1 is 1.07 bits per heavy atom. The van der Waals surface area contributed by atoms with E-state index < -0.39 is 0 Å². The van der Waals surface area contributed by atoms with Crippen molar-refractivity contribution in [2.75, 3.05) is 7.11 Å². The smallest absolute Gasteiger partial charge is 0.291 e. The molecule has 0 radical (unpaired) electrons. The first-order valence-electron chi connectivity index (χ1n) is 9.37. The molecule has 5 aromatic rings. The third kappa shape index (κ3) is 2.84.